The minimum Gasteiger partial charge on any atom is -0.345 e. The van der Waals surface area contributed by atoms with E-state index in [4.69, 9.17) is 0 Å². The monoisotopic (exact) mass is 263 g/mol. The molecule has 0 spiro atoms. The van der Waals surface area contributed by atoms with E-state index in [1.54, 1.807) is 0 Å². The van der Waals surface area contributed by atoms with E-state index in [0.717, 1.165) is 6.92 Å². The summed E-state index contributed by atoms with van der Waals surface area (Å²) < 4.78 is 49.1. The van der Waals surface area contributed by atoms with Gasteiger partial charge >= 0.3 is 6.18 Å². The third kappa shape index (κ3) is 4.73. The molecule has 100 valence electrons. The summed E-state index contributed by atoms with van der Waals surface area (Å²) in [5.74, 6) is -1.07. The Kier molecular flexibility index (Phi) is 4.69. The van der Waals surface area contributed by atoms with Gasteiger partial charge in [-0.05, 0) is 31.0 Å². The maximum atomic E-state index is 12.6. The van der Waals surface area contributed by atoms with Gasteiger partial charge in [-0.1, -0.05) is 12.1 Å². The highest BCUT2D eigenvalue weighted by Crippen LogP contribution is 2.19. The molecule has 18 heavy (non-hydrogen) atoms. The Labute approximate surface area is 102 Å². The lowest BCUT2D eigenvalue weighted by Gasteiger charge is -2.17. The van der Waals surface area contributed by atoms with Crippen LogP contribution in [0.25, 0.3) is 0 Å². The standard InChI is InChI=1S/C12H13F4NO/c1-8(12(14,15)16)17-11(18)7-4-9-2-5-10(13)6-3-9/h2-3,5-6,8H,4,7H2,1H3,(H,17,18). The van der Waals surface area contributed by atoms with E-state index >= 15 is 0 Å². The maximum absolute atomic E-state index is 12.6. The summed E-state index contributed by atoms with van der Waals surface area (Å²) in [6.07, 6.45) is -4.23. The Bertz CT molecular complexity index is 400. The van der Waals surface area contributed by atoms with E-state index in [9.17, 15) is 22.4 Å². The van der Waals surface area contributed by atoms with Gasteiger partial charge in [0.05, 0.1) is 0 Å². The Morgan fingerprint density at radius 2 is 1.83 bits per heavy atom. The van der Waals surface area contributed by atoms with Gasteiger partial charge in [-0.15, -0.1) is 0 Å². The quantitative estimate of drug-likeness (QED) is 0.831. The van der Waals surface area contributed by atoms with Crippen molar-refractivity contribution in [1.29, 1.82) is 0 Å². The first-order chi connectivity index (χ1) is 8.29. The Morgan fingerprint density at radius 1 is 1.28 bits per heavy atom. The van der Waals surface area contributed by atoms with Crippen LogP contribution in [-0.4, -0.2) is 18.1 Å². The fourth-order valence-corrected chi connectivity index (χ4v) is 1.30. The lowest BCUT2D eigenvalue weighted by atomic mass is 10.1. The molecule has 1 aromatic carbocycles. The Hall–Kier alpha value is -1.59. The van der Waals surface area contributed by atoms with E-state index in [1.165, 1.54) is 24.3 Å². The lowest BCUT2D eigenvalue weighted by Crippen LogP contribution is -2.43. The van der Waals surface area contributed by atoms with Crippen molar-refractivity contribution in [2.24, 2.45) is 0 Å². The normalized spacial score (nSPS) is 13.2. The summed E-state index contributed by atoms with van der Waals surface area (Å²) in [4.78, 5) is 11.3. The van der Waals surface area contributed by atoms with Crippen molar-refractivity contribution in [3.05, 3.63) is 35.6 Å². The highest BCUT2D eigenvalue weighted by molar-refractivity contribution is 5.76. The molecule has 0 heterocycles. The fraction of sp³-hybridized carbons (Fsp3) is 0.417. The van der Waals surface area contributed by atoms with Crippen LogP contribution in [0, 0.1) is 5.82 Å². The van der Waals surface area contributed by atoms with Crippen molar-refractivity contribution in [3.8, 4) is 0 Å². The van der Waals surface area contributed by atoms with Crippen molar-refractivity contribution in [2.45, 2.75) is 32.0 Å². The van der Waals surface area contributed by atoms with Crippen LogP contribution in [0.4, 0.5) is 17.6 Å². The third-order valence-electron chi connectivity index (χ3n) is 2.42. The molecule has 0 aliphatic rings. The van der Waals surface area contributed by atoms with Gasteiger partial charge in [-0.2, -0.15) is 13.2 Å². The first-order valence-corrected chi connectivity index (χ1v) is 5.39. The van der Waals surface area contributed by atoms with Crippen LogP contribution in [0.3, 0.4) is 0 Å². The average molecular weight is 263 g/mol. The molecule has 1 aromatic rings. The van der Waals surface area contributed by atoms with Gasteiger partial charge in [-0.25, -0.2) is 4.39 Å². The van der Waals surface area contributed by atoms with Crippen molar-refractivity contribution < 1.29 is 22.4 Å². The van der Waals surface area contributed by atoms with Crippen LogP contribution in [-0.2, 0) is 11.2 Å². The van der Waals surface area contributed by atoms with Crippen molar-refractivity contribution in [2.75, 3.05) is 0 Å². The molecule has 0 fully saturated rings. The van der Waals surface area contributed by atoms with E-state index in [1.807, 2.05) is 5.32 Å². The van der Waals surface area contributed by atoms with Crippen molar-refractivity contribution in [3.63, 3.8) is 0 Å². The fourth-order valence-electron chi connectivity index (χ4n) is 1.30. The Morgan fingerprint density at radius 3 is 2.33 bits per heavy atom. The molecular weight excluding hydrogens is 250 g/mol. The number of amides is 1. The number of aryl methyl sites for hydroxylation is 1. The van der Waals surface area contributed by atoms with Crippen molar-refractivity contribution >= 4 is 5.91 Å². The van der Waals surface area contributed by atoms with Gasteiger partial charge in [0, 0.05) is 6.42 Å². The van der Waals surface area contributed by atoms with Crippen LogP contribution in [0.2, 0.25) is 0 Å². The molecule has 0 aromatic heterocycles. The number of hydrogen-bond donors (Lipinski definition) is 1. The lowest BCUT2D eigenvalue weighted by molar-refractivity contribution is -0.158. The smallest absolute Gasteiger partial charge is 0.345 e. The SMILES string of the molecule is CC(NC(=O)CCc1ccc(F)cc1)C(F)(F)F. The van der Waals surface area contributed by atoms with Gasteiger partial charge < -0.3 is 5.32 Å². The van der Waals surface area contributed by atoms with Crippen LogP contribution in [0.5, 0.6) is 0 Å². The number of alkyl halides is 3. The van der Waals surface area contributed by atoms with Crippen LogP contribution < -0.4 is 5.32 Å². The average Bonchev–Trinajstić information content (AvgIpc) is 2.27. The summed E-state index contributed by atoms with van der Waals surface area (Å²) in [6, 6.07) is 3.61. The number of carbonyl (C=O) groups is 1. The molecule has 0 saturated heterocycles. The Balaban J connectivity index is 2.40. The van der Waals surface area contributed by atoms with Crippen LogP contribution >= 0.6 is 0 Å². The molecule has 2 nitrogen and oxygen atoms in total. The number of rotatable bonds is 4. The first kappa shape index (κ1) is 14.5. The highest BCUT2D eigenvalue weighted by atomic mass is 19.4. The summed E-state index contributed by atoms with van der Waals surface area (Å²) in [5, 5.41) is 1.86. The predicted molar refractivity (Wildman–Crippen MR) is 58.4 cm³/mol. The minimum atomic E-state index is -4.44. The van der Waals surface area contributed by atoms with Gasteiger partial charge in [0.15, 0.2) is 0 Å². The van der Waals surface area contributed by atoms with Crippen LogP contribution in [0.1, 0.15) is 18.9 Å². The van der Waals surface area contributed by atoms with Crippen LogP contribution in [0.15, 0.2) is 24.3 Å². The van der Waals surface area contributed by atoms with Gasteiger partial charge in [0.2, 0.25) is 5.91 Å². The van der Waals surface area contributed by atoms with Gasteiger partial charge in [0.25, 0.3) is 0 Å². The number of nitrogens with one attached hydrogen (secondary N) is 1. The summed E-state index contributed by atoms with van der Waals surface area (Å²) in [6.45, 7) is 0.885. The second-order valence-corrected chi connectivity index (χ2v) is 3.96. The molecular formula is C12H13F4NO. The van der Waals surface area contributed by atoms with E-state index in [2.05, 4.69) is 0 Å². The number of halogens is 4. The second kappa shape index (κ2) is 5.84. The van der Waals surface area contributed by atoms with Crippen molar-refractivity contribution in [1.82, 2.24) is 5.32 Å². The zero-order chi connectivity index (χ0) is 13.8. The van der Waals surface area contributed by atoms with Gasteiger partial charge in [-0.3, -0.25) is 4.79 Å². The number of carbonyl (C=O) groups excluding carboxylic acids is 1. The zero-order valence-corrected chi connectivity index (χ0v) is 9.72. The molecule has 1 amide bonds. The molecule has 6 heteroatoms. The molecule has 0 aliphatic heterocycles. The summed E-state index contributed by atoms with van der Waals surface area (Å²) in [7, 11) is 0. The third-order valence-corrected chi connectivity index (χ3v) is 2.42. The molecule has 1 N–H and O–H groups in total. The minimum absolute atomic E-state index is 0.0634. The summed E-state index contributed by atoms with van der Waals surface area (Å²) in [5.41, 5.74) is 0.700. The molecule has 0 radical (unpaired) electrons. The molecule has 1 rings (SSSR count). The second-order valence-electron chi connectivity index (χ2n) is 3.96. The number of hydrogen-bond acceptors (Lipinski definition) is 1. The molecule has 0 bridgehead atoms. The largest absolute Gasteiger partial charge is 0.408 e. The molecule has 0 aliphatic carbocycles. The first-order valence-electron chi connectivity index (χ1n) is 5.39. The van der Waals surface area contributed by atoms with E-state index < -0.39 is 23.9 Å². The van der Waals surface area contributed by atoms with Gasteiger partial charge in [0.1, 0.15) is 11.9 Å². The highest BCUT2D eigenvalue weighted by Gasteiger charge is 2.36. The van der Waals surface area contributed by atoms with E-state index in [0.29, 0.717) is 5.56 Å². The zero-order valence-electron chi connectivity index (χ0n) is 9.72. The van der Waals surface area contributed by atoms with E-state index in [-0.39, 0.29) is 12.8 Å². The predicted octanol–water partition coefficient (Wildman–Crippen LogP) is 2.83. The maximum Gasteiger partial charge on any atom is 0.408 e. The number of benzene rings is 1. The topological polar surface area (TPSA) is 29.1 Å². The molecule has 0 saturated carbocycles. The molecule has 1 atom stereocenters. The molecule has 1 unspecified atom stereocenters. The summed E-state index contributed by atoms with van der Waals surface area (Å²) >= 11 is 0.